The van der Waals surface area contributed by atoms with Crippen molar-refractivity contribution >= 4 is 0 Å². The summed E-state index contributed by atoms with van der Waals surface area (Å²) in [7, 11) is 3.10. The molecule has 0 bridgehead atoms. The molecule has 0 amide bonds. The van der Waals surface area contributed by atoms with Gasteiger partial charge in [-0.15, -0.1) is 0 Å². The average Bonchev–Trinajstić information content (AvgIpc) is 2.46. The van der Waals surface area contributed by atoms with Crippen LogP contribution in [0.15, 0.2) is 36.4 Å². The maximum absolute atomic E-state index is 13.6. The number of hydrogen-bond acceptors (Lipinski definition) is 3. The SMILES string of the molecule is COc1ccc(-c2ccc(C#N)c(F)c2)cc1OC. The van der Waals surface area contributed by atoms with Crippen LogP contribution >= 0.6 is 0 Å². The van der Waals surface area contributed by atoms with Crippen LogP contribution in [-0.2, 0) is 0 Å². The van der Waals surface area contributed by atoms with Crippen molar-refractivity contribution in [1.29, 1.82) is 5.26 Å². The summed E-state index contributed by atoms with van der Waals surface area (Å²) < 4.78 is 23.9. The predicted molar refractivity (Wildman–Crippen MR) is 69.7 cm³/mol. The lowest BCUT2D eigenvalue weighted by Crippen LogP contribution is -1.91. The van der Waals surface area contributed by atoms with E-state index in [2.05, 4.69) is 0 Å². The highest BCUT2D eigenvalue weighted by Gasteiger charge is 2.08. The van der Waals surface area contributed by atoms with E-state index in [4.69, 9.17) is 14.7 Å². The van der Waals surface area contributed by atoms with E-state index in [1.54, 1.807) is 38.5 Å². The van der Waals surface area contributed by atoms with Crippen LogP contribution in [-0.4, -0.2) is 14.2 Å². The highest BCUT2D eigenvalue weighted by atomic mass is 19.1. The minimum atomic E-state index is -0.533. The van der Waals surface area contributed by atoms with Crippen LogP contribution in [0, 0.1) is 17.1 Å². The van der Waals surface area contributed by atoms with Crippen LogP contribution in [0.4, 0.5) is 4.39 Å². The summed E-state index contributed by atoms with van der Waals surface area (Å²) in [4.78, 5) is 0. The molecule has 4 heteroatoms. The van der Waals surface area contributed by atoms with Crippen LogP contribution in [0.3, 0.4) is 0 Å². The first-order valence-electron chi connectivity index (χ1n) is 5.61. The van der Waals surface area contributed by atoms with Crippen molar-refractivity contribution < 1.29 is 13.9 Å². The van der Waals surface area contributed by atoms with E-state index in [9.17, 15) is 4.39 Å². The van der Waals surface area contributed by atoms with Crippen molar-refractivity contribution in [2.24, 2.45) is 0 Å². The molecule has 0 atom stereocenters. The zero-order valence-electron chi connectivity index (χ0n) is 10.6. The van der Waals surface area contributed by atoms with Gasteiger partial charge in [0.1, 0.15) is 11.9 Å². The van der Waals surface area contributed by atoms with Crippen molar-refractivity contribution in [1.82, 2.24) is 0 Å². The van der Waals surface area contributed by atoms with Crippen molar-refractivity contribution in [2.75, 3.05) is 14.2 Å². The van der Waals surface area contributed by atoms with Crippen LogP contribution < -0.4 is 9.47 Å². The fraction of sp³-hybridized carbons (Fsp3) is 0.133. The minimum Gasteiger partial charge on any atom is -0.493 e. The normalized spacial score (nSPS) is 9.79. The molecule has 0 aliphatic heterocycles. The minimum absolute atomic E-state index is 0.0317. The Morgan fingerprint density at radius 1 is 0.947 bits per heavy atom. The average molecular weight is 257 g/mol. The van der Waals surface area contributed by atoms with Crippen molar-refractivity contribution in [2.45, 2.75) is 0 Å². The summed E-state index contributed by atoms with van der Waals surface area (Å²) in [5.41, 5.74) is 1.50. The molecule has 0 aliphatic carbocycles. The van der Waals surface area contributed by atoms with Crippen LogP contribution in [0.1, 0.15) is 5.56 Å². The van der Waals surface area contributed by atoms with Gasteiger partial charge >= 0.3 is 0 Å². The number of rotatable bonds is 3. The van der Waals surface area contributed by atoms with E-state index in [0.717, 1.165) is 5.56 Å². The van der Waals surface area contributed by atoms with Gasteiger partial charge in [0.05, 0.1) is 19.8 Å². The summed E-state index contributed by atoms with van der Waals surface area (Å²) >= 11 is 0. The first kappa shape index (κ1) is 12.9. The molecule has 0 fully saturated rings. The zero-order chi connectivity index (χ0) is 13.8. The van der Waals surface area contributed by atoms with Gasteiger partial charge < -0.3 is 9.47 Å². The molecule has 96 valence electrons. The Kier molecular flexibility index (Phi) is 3.67. The van der Waals surface area contributed by atoms with Crippen LogP contribution in [0.25, 0.3) is 11.1 Å². The molecule has 0 spiro atoms. The molecular formula is C15H12FNO2. The molecule has 0 aromatic heterocycles. The molecule has 2 aromatic rings. The summed E-state index contributed by atoms with van der Waals surface area (Å²) in [6.07, 6.45) is 0. The van der Waals surface area contributed by atoms with E-state index >= 15 is 0 Å². The molecule has 0 heterocycles. The van der Waals surface area contributed by atoms with Gasteiger partial charge in [-0.05, 0) is 35.4 Å². The van der Waals surface area contributed by atoms with Gasteiger partial charge in [-0.3, -0.25) is 0 Å². The Labute approximate surface area is 110 Å². The summed E-state index contributed by atoms with van der Waals surface area (Å²) in [6, 6.07) is 11.6. The third-order valence-electron chi connectivity index (χ3n) is 2.81. The Morgan fingerprint density at radius 3 is 2.16 bits per heavy atom. The Bertz CT molecular complexity index is 647. The van der Waals surface area contributed by atoms with Crippen LogP contribution in [0.5, 0.6) is 11.5 Å². The molecule has 0 unspecified atom stereocenters. The molecule has 3 nitrogen and oxygen atoms in total. The summed E-state index contributed by atoms with van der Waals surface area (Å²) in [5, 5.41) is 8.70. The Hall–Kier alpha value is -2.54. The molecule has 0 saturated heterocycles. The molecule has 2 aromatic carbocycles. The smallest absolute Gasteiger partial charge is 0.161 e. The van der Waals surface area contributed by atoms with Gasteiger partial charge in [0.15, 0.2) is 11.5 Å². The lowest BCUT2D eigenvalue weighted by Gasteiger charge is -2.10. The van der Waals surface area contributed by atoms with E-state index in [-0.39, 0.29) is 5.56 Å². The van der Waals surface area contributed by atoms with E-state index in [0.29, 0.717) is 17.1 Å². The second kappa shape index (κ2) is 5.40. The van der Waals surface area contributed by atoms with Crippen molar-refractivity contribution in [3.8, 4) is 28.7 Å². The van der Waals surface area contributed by atoms with Gasteiger partial charge in [0.2, 0.25) is 0 Å². The highest BCUT2D eigenvalue weighted by molar-refractivity contribution is 5.68. The van der Waals surface area contributed by atoms with E-state index < -0.39 is 5.82 Å². The number of hydrogen-bond donors (Lipinski definition) is 0. The number of halogens is 1. The molecule has 0 saturated carbocycles. The van der Waals surface area contributed by atoms with Gasteiger partial charge in [-0.25, -0.2) is 4.39 Å². The second-order valence-electron chi connectivity index (χ2n) is 3.88. The number of benzene rings is 2. The second-order valence-corrected chi connectivity index (χ2v) is 3.88. The lowest BCUT2D eigenvalue weighted by atomic mass is 10.0. The van der Waals surface area contributed by atoms with Gasteiger partial charge in [0.25, 0.3) is 0 Å². The fourth-order valence-corrected chi connectivity index (χ4v) is 1.80. The quantitative estimate of drug-likeness (QED) is 0.846. The predicted octanol–water partition coefficient (Wildman–Crippen LogP) is 3.38. The number of methoxy groups -OCH3 is 2. The van der Waals surface area contributed by atoms with E-state index in [1.807, 2.05) is 6.07 Å². The standard InChI is InChI=1S/C15H12FNO2/c1-18-14-6-5-11(8-15(14)19-2)10-3-4-12(9-17)13(16)7-10/h3-8H,1-2H3. The third-order valence-corrected chi connectivity index (χ3v) is 2.81. The molecule has 0 N–H and O–H groups in total. The van der Waals surface area contributed by atoms with Crippen molar-refractivity contribution in [3.63, 3.8) is 0 Å². The molecule has 0 aliphatic rings. The Balaban J connectivity index is 2.48. The Morgan fingerprint density at radius 2 is 1.58 bits per heavy atom. The molecule has 2 rings (SSSR count). The largest absolute Gasteiger partial charge is 0.493 e. The fourth-order valence-electron chi connectivity index (χ4n) is 1.80. The zero-order valence-corrected chi connectivity index (χ0v) is 10.6. The first-order valence-corrected chi connectivity index (χ1v) is 5.61. The molecule has 19 heavy (non-hydrogen) atoms. The first-order chi connectivity index (χ1) is 9.19. The molecule has 0 radical (unpaired) electrons. The lowest BCUT2D eigenvalue weighted by molar-refractivity contribution is 0.355. The topological polar surface area (TPSA) is 42.2 Å². The summed E-state index contributed by atoms with van der Waals surface area (Å²) in [5.74, 6) is 0.653. The number of ether oxygens (including phenoxy) is 2. The van der Waals surface area contributed by atoms with Crippen LogP contribution in [0.2, 0.25) is 0 Å². The number of nitrogens with zero attached hydrogens (tertiary/aromatic N) is 1. The monoisotopic (exact) mass is 257 g/mol. The summed E-state index contributed by atoms with van der Waals surface area (Å²) in [6.45, 7) is 0. The molecular weight excluding hydrogens is 245 g/mol. The number of nitriles is 1. The van der Waals surface area contributed by atoms with E-state index in [1.165, 1.54) is 12.1 Å². The van der Waals surface area contributed by atoms with Gasteiger partial charge in [0, 0.05) is 0 Å². The third kappa shape index (κ3) is 2.50. The van der Waals surface area contributed by atoms with Gasteiger partial charge in [-0.2, -0.15) is 5.26 Å². The highest BCUT2D eigenvalue weighted by Crippen LogP contribution is 2.32. The maximum Gasteiger partial charge on any atom is 0.161 e. The maximum atomic E-state index is 13.6. The van der Waals surface area contributed by atoms with Crippen molar-refractivity contribution in [3.05, 3.63) is 47.8 Å². The van der Waals surface area contributed by atoms with Gasteiger partial charge in [-0.1, -0.05) is 12.1 Å².